The number of hydrogen-bond donors (Lipinski definition) is 2. The van der Waals surface area contributed by atoms with E-state index in [0.29, 0.717) is 0 Å². The highest BCUT2D eigenvalue weighted by Gasteiger charge is 2.69. The first-order valence-electron chi connectivity index (χ1n) is 12.1. The number of aromatic amines is 1. The Bertz CT molecular complexity index is 1290. The molecule has 1 aromatic carbocycles. The zero-order valence-electron chi connectivity index (χ0n) is 19.8. The van der Waals surface area contributed by atoms with Crippen LogP contribution in [0.15, 0.2) is 34.1 Å². The molecule has 1 aromatic heterocycles. The maximum atomic E-state index is 13.4. The van der Waals surface area contributed by atoms with Crippen LogP contribution in [0.3, 0.4) is 0 Å². The van der Waals surface area contributed by atoms with Gasteiger partial charge in [0.25, 0.3) is 0 Å². The topological polar surface area (TPSA) is 108 Å². The summed E-state index contributed by atoms with van der Waals surface area (Å²) in [6.45, 7) is 6.49. The smallest absolute Gasteiger partial charge is 0.305 e. The van der Waals surface area contributed by atoms with E-state index in [1.54, 1.807) is 11.8 Å². The lowest BCUT2D eigenvalue weighted by Crippen LogP contribution is -2.42. The summed E-state index contributed by atoms with van der Waals surface area (Å²) >= 11 is 2.93. The molecule has 4 aliphatic rings. The van der Waals surface area contributed by atoms with Crippen LogP contribution in [0.1, 0.15) is 55.5 Å². The summed E-state index contributed by atoms with van der Waals surface area (Å²) in [6.07, 6.45) is 0.604. The molecule has 2 N–H and O–H groups in total. The third-order valence-electron chi connectivity index (χ3n) is 8.50. The van der Waals surface area contributed by atoms with E-state index in [1.165, 1.54) is 21.8 Å². The van der Waals surface area contributed by atoms with Crippen molar-refractivity contribution >= 4 is 40.9 Å². The van der Waals surface area contributed by atoms with Crippen molar-refractivity contribution in [2.75, 3.05) is 6.54 Å². The summed E-state index contributed by atoms with van der Waals surface area (Å²) in [7, 11) is 0. The van der Waals surface area contributed by atoms with Gasteiger partial charge in [-0.05, 0) is 40.7 Å². The Morgan fingerprint density at radius 1 is 1.09 bits per heavy atom. The Kier molecular flexibility index (Phi) is 5.14. The van der Waals surface area contributed by atoms with Crippen molar-refractivity contribution in [3.63, 3.8) is 0 Å². The minimum Gasteiger partial charge on any atom is -0.481 e. The van der Waals surface area contributed by atoms with Crippen LogP contribution in [0.5, 0.6) is 0 Å². The normalized spacial score (nSPS) is 33.1. The zero-order valence-corrected chi connectivity index (χ0v) is 21.4. The van der Waals surface area contributed by atoms with Crippen LogP contribution in [0.4, 0.5) is 0 Å². The van der Waals surface area contributed by atoms with Crippen molar-refractivity contribution in [3.05, 3.63) is 49.9 Å². The predicted octanol–water partition coefficient (Wildman–Crippen LogP) is 3.68. The van der Waals surface area contributed by atoms with Crippen LogP contribution in [-0.2, 0) is 19.8 Å². The number of likely N-dealkylation sites (tertiary alicyclic amines) is 1. The summed E-state index contributed by atoms with van der Waals surface area (Å²) < 4.78 is 0. The average Bonchev–Trinajstić information content (AvgIpc) is 3.51. The number of H-pyrrole nitrogens is 1. The van der Waals surface area contributed by atoms with Gasteiger partial charge in [-0.2, -0.15) is 0 Å². The van der Waals surface area contributed by atoms with Gasteiger partial charge in [0.05, 0.1) is 23.3 Å². The van der Waals surface area contributed by atoms with Crippen molar-refractivity contribution in [1.82, 2.24) is 9.88 Å². The molecule has 2 bridgehead atoms. The predicted molar refractivity (Wildman–Crippen MR) is 133 cm³/mol. The zero-order chi connectivity index (χ0) is 24.8. The molecule has 2 amide bonds. The first kappa shape index (κ1) is 23.0. The van der Waals surface area contributed by atoms with Gasteiger partial charge in [0.2, 0.25) is 11.8 Å². The average molecular weight is 513 g/mol. The lowest BCUT2D eigenvalue weighted by atomic mass is 9.68. The Morgan fingerprint density at radius 3 is 2.37 bits per heavy atom. The van der Waals surface area contributed by atoms with Gasteiger partial charge in [0.15, 0.2) is 0 Å². The van der Waals surface area contributed by atoms with Crippen LogP contribution >= 0.6 is 23.1 Å². The minimum atomic E-state index is -1.01. The lowest BCUT2D eigenvalue weighted by molar-refractivity contribution is -0.142. The number of carboxylic acid groups (broad SMARTS) is 1. The molecule has 2 aromatic rings. The van der Waals surface area contributed by atoms with E-state index in [2.05, 4.69) is 50.0 Å². The molecule has 2 saturated carbocycles. The Morgan fingerprint density at radius 2 is 1.74 bits per heavy atom. The molecule has 9 heteroatoms. The van der Waals surface area contributed by atoms with Gasteiger partial charge in [-0.3, -0.25) is 24.1 Å². The van der Waals surface area contributed by atoms with Crippen LogP contribution in [0, 0.1) is 29.6 Å². The number of benzene rings is 1. The number of fused-ring (bicyclic) bond motifs is 9. The molecule has 0 radical (unpaired) electrons. The molecular formula is C26H28N2O5S2. The number of nitrogens with zero attached hydrogens (tertiary/aromatic N) is 1. The Hall–Kier alpha value is -2.39. The summed E-state index contributed by atoms with van der Waals surface area (Å²) in [5.41, 5.74) is 2.42. The van der Waals surface area contributed by atoms with Crippen molar-refractivity contribution in [2.24, 2.45) is 29.6 Å². The molecule has 7 nitrogen and oxygen atoms in total. The standard InChI is InChI=1S/C26H28N2O5S2/c1-26(2,3)12-6-4-11(5-7-12)16-17-13-10-14(20(17)34-22-21(16)35-25(33)27-22)19-18(13)23(31)28(24(19)32)9-8-15(29)30/h4-7,13-14,16-20H,8-10H2,1-3H3,(H,27,33)(H,29,30)/t13-,14+,16+,17-,18+,19+,20-/m1/s1. The van der Waals surface area contributed by atoms with Gasteiger partial charge in [-0.1, -0.05) is 56.4 Å². The van der Waals surface area contributed by atoms with Crippen LogP contribution < -0.4 is 4.87 Å². The third-order valence-corrected chi connectivity index (χ3v) is 11.1. The third kappa shape index (κ3) is 3.38. The number of amides is 2. The fourth-order valence-corrected chi connectivity index (χ4v) is 9.96. The summed E-state index contributed by atoms with van der Waals surface area (Å²) in [5.74, 6) is -1.91. The second-order valence-corrected chi connectivity index (χ2v) is 13.5. The molecule has 0 unspecified atom stereocenters. The first-order valence-corrected chi connectivity index (χ1v) is 13.8. The number of thioether (sulfide) groups is 1. The number of imide groups is 1. The lowest BCUT2D eigenvalue weighted by Gasteiger charge is -2.43. The van der Waals surface area contributed by atoms with Crippen molar-refractivity contribution in [3.8, 4) is 0 Å². The van der Waals surface area contributed by atoms with Gasteiger partial charge in [-0.25, -0.2) is 0 Å². The SMILES string of the molecule is CC(C)(C)c1ccc([C@@H]2c3sc(=O)[nH]c3S[C@@H]3[C@H]4C[C@@H]([C@@H]5C(=O)N(CCC(=O)O)C(=O)[C@@H]45)[C@H]23)cc1. The maximum Gasteiger partial charge on any atom is 0.305 e. The second-order valence-electron chi connectivity index (χ2n) is 11.3. The van der Waals surface area contributed by atoms with Gasteiger partial charge < -0.3 is 10.1 Å². The van der Waals surface area contributed by atoms with Crippen molar-refractivity contribution < 1.29 is 19.5 Å². The molecule has 35 heavy (non-hydrogen) atoms. The van der Waals surface area contributed by atoms with Crippen LogP contribution in [-0.4, -0.2) is 44.6 Å². The van der Waals surface area contributed by atoms with E-state index in [4.69, 9.17) is 5.11 Å². The highest BCUT2D eigenvalue weighted by molar-refractivity contribution is 8.00. The summed E-state index contributed by atoms with van der Waals surface area (Å²) in [4.78, 5) is 55.3. The number of aliphatic carboxylic acids is 1. The van der Waals surface area contributed by atoms with Gasteiger partial charge in [0.1, 0.15) is 0 Å². The molecule has 1 saturated heterocycles. The number of hydrogen-bond acceptors (Lipinski definition) is 6. The van der Waals surface area contributed by atoms with E-state index in [0.717, 1.165) is 21.9 Å². The van der Waals surface area contributed by atoms with Gasteiger partial charge in [-0.15, -0.1) is 11.8 Å². The number of carbonyl (C=O) groups is 3. The number of carboxylic acids is 1. The summed E-state index contributed by atoms with van der Waals surface area (Å²) in [5, 5.41) is 10.1. The Balaban J connectivity index is 1.40. The number of carbonyl (C=O) groups excluding carboxylic acids is 2. The first-order chi connectivity index (χ1) is 16.6. The Labute approximate surface area is 211 Å². The largest absolute Gasteiger partial charge is 0.481 e. The highest BCUT2D eigenvalue weighted by Crippen LogP contribution is 2.68. The fourth-order valence-electron chi connectivity index (χ4n) is 7.07. The molecule has 2 aliphatic heterocycles. The van der Waals surface area contributed by atoms with E-state index in [-0.39, 0.29) is 75.8 Å². The maximum absolute atomic E-state index is 13.4. The van der Waals surface area contributed by atoms with Gasteiger partial charge >= 0.3 is 10.8 Å². The van der Waals surface area contributed by atoms with E-state index in [9.17, 15) is 19.2 Å². The molecule has 0 spiro atoms. The molecule has 184 valence electrons. The number of rotatable bonds is 4. The molecule has 2 aliphatic carbocycles. The van der Waals surface area contributed by atoms with Crippen LogP contribution in [0.25, 0.3) is 0 Å². The highest BCUT2D eigenvalue weighted by atomic mass is 32.2. The second kappa shape index (κ2) is 7.80. The van der Waals surface area contributed by atoms with Gasteiger partial charge in [0, 0.05) is 22.6 Å². The number of aromatic nitrogens is 1. The van der Waals surface area contributed by atoms with E-state index in [1.807, 2.05) is 0 Å². The molecule has 3 fully saturated rings. The molecular weight excluding hydrogens is 484 g/mol. The summed E-state index contributed by atoms with van der Waals surface area (Å²) in [6, 6.07) is 8.65. The number of thiazole rings is 1. The van der Waals surface area contributed by atoms with Crippen molar-refractivity contribution in [2.45, 2.75) is 55.2 Å². The molecule has 7 atom stereocenters. The quantitative estimate of drug-likeness (QED) is 0.605. The number of nitrogens with one attached hydrogen (secondary N) is 1. The molecule has 6 rings (SSSR count). The molecule has 3 heterocycles. The monoisotopic (exact) mass is 512 g/mol. The fraction of sp³-hybridized carbons (Fsp3) is 0.538. The minimum absolute atomic E-state index is 0.00106. The van der Waals surface area contributed by atoms with E-state index < -0.39 is 5.97 Å². The van der Waals surface area contributed by atoms with Crippen molar-refractivity contribution in [1.29, 1.82) is 0 Å². The van der Waals surface area contributed by atoms with Crippen LogP contribution in [0.2, 0.25) is 0 Å². The van der Waals surface area contributed by atoms with E-state index >= 15 is 0 Å².